The van der Waals surface area contributed by atoms with E-state index >= 15 is 0 Å². The lowest BCUT2D eigenvalue weighted by atomic mass is 10.1. The Morgan fingerprint density at radius 3 is 2.29 bits per heavy atom. The molecule has 0 amide bonds. The van der Waals surface area contributed by atoms with Crippen LogP contribution >= 0.6 is 0 Å². The molecule has 0 unspecified atom stereocenters. The Labute approximate surface area is 125 Å². The zero-order valence-electron chi connectivity index (χ0n) is 12.1. The Balaban J connectivity index is 2.52. The van der Waals surface area contributed by atoms with Crippen molar-refractivity contribution in [2.24, 2.45) is 5.73 Å². The van der Waals surface area contributed by atoms with Crippen LogP contribution in [0, 0.1) is 6.92 Å². The van der Waals surface area contributed by atoms with E-state index in [4.69, 9.17) is 10.5 Å². The van der Waals surface area contributed by atoms with Crippen LogP contribution < -0.4 is 10.5 Å². The van der Waals surface area contributed by atoms with Crippen molar-refractivity contribution in [1.82, 2.24) is 0 Å². The van der Waals surface area contributed by atoms with Crippen molar-refractivity contribution in [3.63, 3.8) is 0 Å². The van der Waals surface area contributed by atoms with Gasteiger partial charge in [-0.05, 0) is 25.1 Å². The highest BCUT2D eigenvalue weighted by molar-refractivity contribution is 7.91. The molecule has 0 saturated heterocycles. The van der Waals surface area contributed by atoms with Gasteiger partial charge < -0.3 is 10.5 Å². The maximum Gasteiger partial charge on any atom is 0.186 e. The maximum atomic E-state index is 12.8. The number of nitrogens with two attached hydrogens (primary N) is 1. The summed E-state index contributed by atoms with van der Waals surface area (Å²) in [6.45, 7) is 1.91. The summed E-state index contributed by atoms with van der Waals surface area (Å²) in [5, 5.41) is -0.823. The van der Waals surface area contributed by atoms with Crippen LogP contribution in [0.2, 0.25) is 0 Å². The molecule has 0 fully saturated rings. The predicted molar refractivity (Wildman–Crippen MR) is 83.2 cm³/mol. The van der Waals surface area contributed by atoms with Gasteiger partial charge in [0, 0.05) is 12.1 Å². The SMILES string of the molecule is COc1ccccc1[C@@H](CN)S(=O)(=O)c1ccc(C)cc1. The number of rotatable bonds is 5. The van der Waals surface area contributed by atoms with Gasteiger partial charge in [-0.3, -0.25) is 0 Å². The van der Waals surface area contributed by atoms with Crippen molar-refractivity contribution in [3.05, 3.63) is 59.7 Å². The van der Waals surface area contributed by atoms with Crippen LogP contribution in [0.4, 0.5) is 0 Å². The number of sulfone groups is 1. The van der Waals surface area contributed by atoms with Crippen molar-refractivity contribution in [2.75, 3.05) is 13.7 Å². The Kier molecular flexibility index (Phi) is 4.65. The third-order valence-corrected chi connectivity index (χ3v) is 5.55. The van der Waals surface area contributed by atoms with Crippen LogP contribution in [0.1, 0.15) is 16.4 Å². The van der Waals surface area contributed by atoms with Gasteiger partial charge in [-0.1, -0.05) is 35.9 Å². The first-order valence-corrected chi connectivity index (χ1v) is 8.19. The Morgan fingerprint density at radius 1 is 1.10 bits per heavy atom. The first-order chi connectivity index (χ1) is 10.0. The minimum atomic E-state index is -3.56. The highest BCUT2D eigenvalue weighted by Crippen LogP contribution is 2.33. The Bertz CT molecular complexity index is 709. The number of hydrogen-bond donors (Lipinski definition) is 1. The molecule has 2 aromatic carbocycles. The van der Waals surface area contributed by atoms with E-state index < -0.39 is 15.1 Å². The fraction of sp³-hybridized carbons (Fsp3) is 0.250. The van der Waals surface area contributed by atoms with E-state index in [1.807, 2.05) is 6.92 Å². The summed E-state index contributed by atoms with van der Waals surface area (Å²) in [6.07, 6.45) is 0. The zero-order valence-corrected chi connectivity index (χ0v) is 12.9. The molecule has 2 rings (SSSR count). The van der Waals surface area contributed by atoms with Crippen molar-refractivity contribution in [1.29, 1.82) is 0 Å². The van der Waals surface area contributed by atoms with Gasteiger partial charge in [-0.2, -0.15) is 0 Å². The summed E-state index contributed by atoms with van der Waals surface area (Å²) in [7, 11) is -2.04. The third-order valence-electron chi connectivity index (χ3n) is 3.42. The molecule has 0 aliphatic carbocycles. The molecule has 5 heteroatoms. The average Bonchev–Trinajstić information content (AvgIpc) is 2.48. The lowest BCUT2D eigenvalue weighted by molar-refractivity contribution is 0.408. The largest absolute Gasteiger partial charge is 0.496 e. The minimum absolute atomic E-state index is 0.00339. The van der Waals surface area contributed by atoms with Crippen LogP contribution in [-0.2, 0) is 9.84 Å². The smallest absolute Gasteiger partial charge is 0.186 e. The minimum Gasteiger partial charge on any atom is -0.496 e. The van der Waals surface area contributed by atoms with Gasteiger partial charge in [0.15, 0.2) is 9.84 Å². The number of hydrogen-bond acceptors (Lipinski definition) is 4. The molecule has 0 aromatic heterocycles. The lowest BCUT2D eigenvalue weighted by Gasteiger charge is -2.19. The van der Waals surface area contributed by atoms with Gasteiger partial charge in [-0.15, -0.1) is 0 Å². The number of benzene rings is 2. The normalized spacial score (nSPS) is 12.9. The summed E-state index contributed by atoms with van der Waals surface area (Å²) in [5.74, 6) is 0.531. The summed E-state index contributed by atoms with van der Waals surface area (Å²) >= 11 is 0. The van der Waals surface area contributed by atoms with Crippen LogP contribution in [-0.4, -0.2) is 22.1 Å². The topological polar surface area (TPSA) is 69.4 Å². The van der Waals surface area contributed by atoms with Crippen molar-refractivity contribution >= 4 is 9.84 Å². The lowest BCUT2D eigenvalue weighted by Crippen LogP contribution is -2.22. The fourth-order valence-corrected chi connectivity index (χ4v) is 3.87. The molecule has 112 valence electrons. The van der Waals surface area contributed by atoms with E-state index in [2.05, 4.69) is 0 Å². The molecular formula is C16H19NO3S. The molecule has 0 saturated carbocycles. The molecular weight excluding hydrogens is 286 g/mol. The molecule has 0 spiro atoms. The number of aryl methyl sites for hydroxylation is 1. The molecule has 4 nitrogen and oxygen atoms in total. The number of para-hydroxylation sites is 1. The molecule has 0 heterocycles. The van der Waals surface area contributed by atoms with E-state index in [0.717, 1.165) is 5.56 Å². The van der Waals surface area contributed by atoms with Gasteiger partial charge in [0.25, 0.3) is 0 Å². The second-order valence-electron chi connectivity index (χ2n) is 4.82. The fourth-order valence-electron chi connectivity index (χ4n) is 2.25. The molecule has 2 N–H and O–H groups in total. The molecule has 0 aliphatic rings. The van der Waals surface area contributed by atoms with E-state index in [1.165, 1.54) is 7.11 Å². The maximum absolute atomic E-state index is 12.8. The standard InChI is InChI=1S/C16H19NO3S/c1-12-7-9-13(10-8-12)21(18,19)16(11-17)14-5-3-4-6-15(14)20-2/h3-10,16H,11,17H2,1-2H3/t16-/m1/s1. The van der Waals surface area contributed by atoms with E-state index in [-0.39, 0.29) is 11.4 Å². The third kappa shape index (κ3) is 3.09. The Morgan fingerprint density at radius 2 is 1.71 bits per heavy atom. The van der Waals surface area contributed by atoms with Gasteiger partial charge in [0.2, 0.25) is 0 Å². The average molecular weight is 305 g/mol. The molecule has 2 aromatic rings. The van der Waals surface area contributed by atoms with Gasteiger partial charge in [0.1, 0.15) is 11.0 Å². The van der Waals surface area contributed by atoms with Crippen molar-refractivity contribution in [3.8, 4) is 5.75 Å². The quantitative estimate of drug-likeness (QED) is 0.921. The zero-order chi connectivity index (χ0) is 15.5. The van der Waals surface area contributed by atoms with E-state index in [1.54, 1.807) is 48.5 Å². The first kappa shape index (κ1) is 15.5. The van der Waals surface area contributed by atoms with E-state index in [9.17, 15) is 8.42 Å². The van der Waals surface area contributed by atoms with Gasteiger partial charge >= 0.3 is 0 Å². The molecule has 0 aliphatic heterocycles. The van der Waals surface area contributed by atoms with Crippen LogP contribution in [0.15, 0.2) is 53.4 Å². The Hall–Kier alpha value is -1.85. The summed E-state index contributed by atoms with van der Waals surface area (Å²) < 4.78 is 30.9. The van der Waals surface area contributed by atoms with Gasteiger partial charge in [0.05, 0.1) is 12.0 Å². The van der Waals surface area contributed by atoms with Crippen LogP contribution in [0.3, 0.4) is 0 Å². The summed E-state index contributed by atoms with van der Waals surface area (Å²) in [5.41, 5.74) is 7.34. The van der Waals surface area contributed by atoms with Crippen molar-refractivity contribution < 1.29 is 13.2 Å². The van der Waals surface area contributed by atoms with Crippen LogP contribution in [0.25, 0.3) is 0 Å². The molecule has 21 heavy (non-hydrogen) atoms. The highest BCUT2D eigenvalue weighted by Gasteiger charge is 2.30. The number of ether oxygens (including phenoxy) is 1. The summed E-state index contributed by atoms with van der Waals surface area (Å²) in [4.78, 5) is 0.273. The van der Waals surface area contributed by atoms with E-state index in [0.29, 0.717) is 11.3 Å². The number of methoxy groups -OCH3 is 1. The predicted octanol–water partition coefficient (Wildman–Crippen LogP) is 2.48. The molecule has 1 atom stereocenters. The summed E-state index contributed by atoms with van der Waals surface area (Å²) in [6, 6.07) is 13.8. The second kappa shape index (κ2) is 6.28. The highest BCUT2D eigenvalue weighted by atomic mass is 32.2. The van der Waals surface area contributed by atoms with Crippen LogP contribution in [0.5, 0.6) is 5.75 Å². The van der Waals surface area contributed by atoms with Crippen molar-refractivity contribution in [2.45, 2.75) is 17.1 Å². The monoisotopic (exact) mass is 305 g/mol. The molecule has 0 radical (unpaired) electrons. The first-order valence-electron chi connectivity index (χ1n) is 6.64. The van der Waals surface area contributed by atoms with Gasteiger partial charge in [-0.25, -0.2) is 8.42 Å². The molecule has 0 bridgehead atoms. The second-order valence-corrected chi connectivity index (χ2v) is 6.95.